The maximum Gasteiger partial charge on any atom is 0.251 e. The molecular weight excluding hydrogens is 350 g/mol. The van der Waals surface area contributed by atoms with E-state index in [0.717, 1.165) is 42.2 Å². The van der Waals surface area contributed by atoms with Crippen molar-refractivity contribution in [1.29, 1.82) is 0 Å². The number of hydrogen-bond acceptors (Lipinski definition) is 4. The summed E-state index contributed by atoms with van der Waals surface area (Å²) in [7, 11) is 0. The van der Waals surface area contributed by atoms with E-state index in [-0.39, 0.29) is 5.91 Å². The first-order chi connectivity index (χ1) is 13.6. The number of nitrogens with one attached hydrogen (secondary N) is 2. The van der Waals surface area contributed by atoms with E-state index in [0.29, 0.717) is 18.7 Å². The van der Waals surface area contributed by atoms with Crippen LogP contribution in [0.5, 0.6) is 0 Å². The molecular formula is C22H27N5O. The number of pyridine rings is 1. The molecule has 28 heavy (non-hydrogen) atoms. The van der Waals surface area contributed by atoms with Crippen molar-refractivity contribution >= 4 is 11.7 Å². The second-order valence-electron chi connectivity index (χ2n) is 6.89. The van der Waals surface area contributed by atoms with Crippen molar-refractivity contribution in [3.63, 3.8) is 0 Å². The highest BCUT2D eigenvalue weighted by atomic mass is 16.1. The number of rotatable bonds is 9. The van der Waals surface area contributed by atoms with E-state index >= 15 is 0 Å². The lowest BCUT2D eigenvalue weighted by atomic mass is 10.1. The van der Waals surface area contributed by atoms with Crippen molar-refractivity contribution in [2.24, 2.45) is 0 Å². The summed E-state index contributed by atoms with van der Waals surface area (Å²) >= 11 is 0. The van der Waals surface area contributed by atoms with Crippen LogP contribution in [0.4, 0.5) is 5.82 Å². The van der Waals surface area contributed by atoms with Gasteiger partial charge in [0.25, 0.3) is 5.91 Å². The number of aryl methyl sites for hydroxylation is 2. The Morgan fingerprint density at radius 3 is 2.64 bits per heavy atom. The molecule has 2 aromatic heterocycles. The van der Waals surface area contributed by atoms with Gasteiger partial charge in [-0.2, -0.15) is 5.10 Å². The predicted octanol–water partition coefficient (Wildman–Crippen LogP) is 3.57. The molecule has 0 unspecified atom stereocenters. The first-order valence-corrected chi connectivity index (χ1v) is 9.65. The minimum Gasteiger partial charge on any atom is -0.370 e. The van der Waals surface area contributed by atoms with Crippen LogP contribution in [0.1, 0.15) is 40.2 Å². The lowest BCUT2D eigenvalue weighted by molar-refractivity contribution is 0.0953. The van der Waals surface area contributed by atoms with Crippen LogP contribution in [-0.2, 0) is 6.54 Å². The highest BCUT2D eigenvalue weighted by Gasteiger charge is 2.07. The van der Waals surface area contributed by atoms with Crippen LogP contribution in [0.25, 0.3) is 0 Å². The van der Waals surface area contributed by atoms with E-state index in [1.54, 1.807) is 6.20 Å². The number of hydrogen-bond donors (Lipinski definition) is 2. The average Bonchev–Trinajstić information content (AvgIpc) is 3.02. The Hall–Kier alpha value is -3.15. The zero-order chi connectivity index (χ0) is 19.8. The van der Waals surface area contributed by atoms with E-state index in [1.165, 1.54) is 0 Å². The Labute approximate surface area is 166 Å². The predicted molar refractivity (Wildman–Crippen MR) is 112 cm³/mol. The Morgan fingerprint density at radius 1 is 1.04 bits per heavy atom. The Bertz CT molecular complexity index is 904. The minimum absolute atomic E-state index is 0.0343. The normalized spacial score (nSPS) is 10.6. The molecule has 0 spiro atoms. The molecule has 3 aromatic rings. The molecule has 0 radical (unpaired) electrons. The summed E-state index contributed by atoms with van der Waals surface area (Å²) < 4.78 is 1.96. The maximum absolute atomic E-state index is 12.4. The highest BCUT2D eigenvalue weighted by molar-refractivity contribution is 5.94. The van der Waals surface area contributed by atoms with Crippen LogP contribution in [0.3, 0.4) is 0 Å². The molecule has 0 aliphatic rings. The van der Waals surface area contributed by atoms with Crippen molar-refractivity contribution in [2.45, 2.75) is 33.2 Å². The van der Waals surface area contributed by atoms with Crippen LogP contribution in [0.15, 0.2) is 54.7 Å². The molecule has 0 fully saturated rings. The van der Waals surface area contributed by atoms with Gasteiger partial charge in [-0.3, -0.25) is 9.48 Å². The smallest absolute Gasteiger partial charge is 0.251 e. The zero-order valence-corrected chi connectivity index (χ0v) is 16.5. The van der Waals surface area contributed by atoms with Crippen LogP contribution in [-0.4, -0.2) is 33.8 Å². The van der Waals surface area contributed by atoms with Crippen LogP contribution in [0, 0.1) is 13.8 Å². The zero-order valence-electron chi connectivity index (χ0n) is 16.5. The summed E-state index contributed by atoms with van der Waals surface area (Å²) in [6.07, 6.45) is 3.65. The fourth-order valence-electron chi connectivity index (χ4n) is 3.06. The lowest BCUT2D eigenvalue weighted by Crippen LogP contribution is -2.25. The number of nitrogens with zero attached hydrogens (tertiary/aromatic N) is 3. The van der Waals surface area contributed by atoms with Gasteiger partial charge in [-0.05, 0) is 62.6 Å². The second-order valence-corrected chi connectivity index (χ2v) is 6.89. The molecule has 0 saturated heterocycles. The first-order valence-electron chi connectivity index (χ1n) is 9.65. The monoisotopic (exact) mass is 377 g/mol. The van der Waals surface area contributed by atoms with Gasteiger partial charge in [-0.1, -0.05) is 18.2 Å². The van der Waals surface area contributed by atoms with Gasteiger partial charge in [0.1, 0.15) is 5.82 Å². The number of amides is 1. The molecule has 0 aliphatic heterocycles. The summed E-state index contributed by atoms with van der Waals surface area (Å²) in [5.74, 6) is 0.846. The molecule has 146 valence electrons. The molecule has 0 bridgehead atoms. The molecule has 0 atom stereocenters. The minimum atomic E-state index is -0.0343. The third-order valence-corrected chi connectivity index (χ3v) is 4.48. The average molecular weight is 377 g/mol. The van der Waals surface area contributed by atoms with E-state index < -0.39 is 0 Å². The fraction of sp³-hybridized carbons (Fsp3) is 0.318. The van der Waals surface area contributed by atoms with Gasteiger partial charge in [-0.15, -0.1) is 0 Å². The molecule has 3 rings (SSSR count). The second kappa shape index (κ2) is 9.69. The van der Waals surface area contributed by atoms with Gasteiger partial charge < -0.3 is 10.6 Å². The molecule has 2 heterocycles. The topological polar surface area (TPSA) is 71.8 Å². The molecule has 6 nitrogen and oxygen atoms in total. The number of benzene rings is 1. The molecule has 1 amide bonds. The van der Waals surface area contributed by atoms with Gasteiger partial charge in [0.15, 0.2) is 0 Å². The summed E-state index contributed by atoms with van der Waals surface area (Å²) in [6.45, 7) is 6.19. The van der Waals surface area contributed by atoms with E-state index in [9.17, 15) is 4.79 Å². The van der Waals surface area contributed by atoms with Crippen molar-refractivity contribution in [2.75, 3.05) is 18.4 Å². The quantitative estimate of drug-likeness (QED) is 0.559. The summed E-state index contributed by atoms with van der Waals surface area (Å²) in [4.78, 5) is 16.6. The van der Waals surface area contributed by atoms with Crippen LogP contribution < -0.4 is 10.6 Å². The van der Waals surface area contributed by atoms with Crippen molar-refractivity contribution < 1.29 is 4.79 Å². The Kier molecular flexibility index (Phi) is 6.78. The molecule has 2 N–H and O–H groups in total. The van der Waals surface area contributed by atoms with Crippen LogP contribution >= 0.6 is 0 Å². The number of anilines is 1. The SMILES string of the molecule is Cc1cc(C)n(Cc2cccc(C(=O)NCCCCNc3ccccn3)c2)n1. The number of carbonyl (C=O) groups is 1. The van der Waals surface area contributed by atoms with Crippen molar-refractivity contribution in [1.82, 2.24) is 20.1 Å². The molecule has 6 heteroatoms. The summed E-state index contributed by atoms with van der Waals surface area (Å²) in [5, 5.41) is 10.8. The van der Waals surface area contributed by atoms with E-state index in [2.05, 4.69) is 26.8 Å². The van der Waals surface area contributed by atoms with Gasteiger partial charge in [-0.25, -0.2) is 4.98 Å². The van der Waals surface area contributed by atoms with Gasteiger partial charge in [0, 0.05) is 30.5 Å². The summed E-state index contributed by atoms with van der Waals surface area (Å²) in [6, 6.07) is 15.6. The van der Waals surface area contributed by atoms with Gasteiger partial charge in [0.05, 0.1) is 12.2 Å². The number of carbonyl (C=O) groups excluding carboxylic acids is 1. The third kappa shape index (κ3) is 5.67. The Morgan fingerprint density at radius 2 is 1.89 bits per heavy atom. The van der Waals surface area contributed by atoms with Gasteiger partial charge in [0.2, 0.25) is 0 Å². The van der Waals surface area contributed by atoms with E-state index in [4.69, 9.17) is 0 Å². The number of unbranched alkanes of at least 4 members (excludes halogenated alkanes) is 1. The first kappa shape index (κ1) is 19.6. The molecule has 1 aromatic carbocycles. The summed E-state index contributed by atoms with van der Waals surface area (Å²) in [5.41, 5.74) is 3.87. The fourth-order valence-corrected chi connectivity index (χ4v) is 3.06. The highest BCUT2D eigenvalue weighted by Crippen LogP contribution is 2.10. The van der Waals surface area contributed by atoms with E-state index in [1.807, 2.05) is 61.0 Å². The largest absolute Gasteiger partial charge is 0.370 e. The number of aromatic nitrogens is 3. The molecule has 0 saturated carbocycles. The maximum atomic E-state index is 12.4. The molecule has 0 aliphatic carbocycles. The lowest BCUT2D eigenvalue weighted by Gasteiger charge is -2.09. The van der Waals surface area contributed by atoms with Crippen molar-refractivity contribution in [3.05, 3.63) is 77.2 Å². The van der Waals surface area contributed by atoms with Gasteiger partial charge >= 0.3 is 0 Å². The van der Waals surface area contributed by atoms with Crippen molar-refractivity contribution in [3.8, 4) is 0 Å². The Balaban J connectivity index is 1.42. The van der Waals surface area contributed by atoms with Crippen LogP contribution in [0.2, 0.25) is 0 Å². The third-order valence-electron chi connectivity index (χ3n) is 4.48. The standard InChI is InChI=1S/C22H27N5O/c1-17-14-18(2)27(26-17)16-19-8-7-9-20(15-19)22(28)25-13-6-5-12-24-21-10-3-4-11-23-21/h3-4,7-11,14-15H,5-6,12-13,16H2,1-2H3,(H,23,24)(H,25,28).